The second-order valence-corrected chi connectivity index (χ2v) is 7.07. The van der Waals surface area contributed by atoms with Gasteiger partial charge in [0.25, 0.3) is 5.91 Å². The number of nitrogens with one attached hydrogen (secondary N) is 2. The maximum atomic E-state index is 12.8. The SMILES string of the molecule is COc1ccc2c(c1)C(=O)N(C[C@@H](C#Cc1ccc(N)c(OC(F)(F)F)c1)NC(=O)NC=O)C2. The lowest BCUT2D eigenvalue weighted by Crippen LogP contribution is -2.46. The summed E-state index contributed by atoms with van der Waals surface area (Å²) in [4.78, 5) is 36.7. The summed E-state index contributed by atoms with van der Waals surface area (Å²) in [6.07, 6.45) is -4.77. The van der Waals surface area contributed by atoms with Crippen LogP contribution < -0.4 is 25.8 Å². The summed E-state index contributed by atoms with van der Waals surface area (Å²) < 4.78 is 46.7. The van der Waals surface area contributed by atoms with Gasteiger partial charge in [-0.2, -0.15) is 0 Å². The van der Waals surface area contributed by atoms with Gasteiger partial charge < -0.3 is 25.4 Å². The number of urea groups is 1. The molecule has 2 aromatic carbocycles. The molecular weight excluding hydrogens is 457 g/mol. The number of nitrogen functional groups attached to an aromatic ring is 1. The fourth-order valence-corrected chi connectivity index (χ4v) is 3.21. The van der Waals surface area contributed by atoms with Crippen LogP contribution in [0.15, 0.2) is 36.4 Å². The van der Waals surface area contributed by atoms with Crippen LogP contribution in [0.2, 0.25) is 0 Å². The van der Waals surface area contributed by atoms with Gasteiger partial charge in [0.2, 0.25) is 6.41 Å². The number of amides is 4. The fourth-order valence-electron chi connectivity index (χ4n) is 3.21. The Morgan fingerprint density at radius 2 is 2.06 bits per heavy atom. The Balaban J connectivity index is 1.82. The van der Waals surface area contributed by atoms with E-state index in [9.17, 15) is 27.6 Å². The quantitative estimate of drug-likeness (QED) is 0.333. The topological polar surface area (TPSA) is 123 Å². The molecule has 34 heavy (non-hydrogen) atoms. The molecule has 0 unspecified atom stereocenters. The summed E-state index contributed by atoms with van der Waals surface area (Å²) >= 11 is 0. The summed E-state index contributed by atoms with van der Waals surface area (Å²) in [5.41, 5.74) is 6.59. The Labute approximate surface area is 192 Å². The molecule has 0 saturated carbocycles. The molecule has 0 aromatic heterocycles. The van der Waals surface area contributed by atoms with E-state index in [4.69, 9.17) is 10.5 Å². The number of nitrogens with two attached hydrogens (primary N) is 1. The van der Waals surface area contributed by atoms with Crippen molar-refractivity contribution in [2.45, 2.75) is 18.9 Å². The Kier molecular flexibility index (Phi) is 7.15. The summed E-state index contributed by atoms with van der Waals surface area (Å²) in [7, 11) is 1.47. The van der Waals surface area contributed by atoms with Gasteiger partial charge in [-0.3, -0.25) is 14.9 Å². The number of methoxy groups -OCH3 is 1. The second kappa shape index (κ2) is 10.0. The number of hydrogen-bond donors (Lipinski definition) is 3. The highest BCUT2D eigenvalue weighted by molar-refractivity contribution is 5.98. The Morgan fingerprint density at radius 1 is 1.29 bits per heavy atom. The number of anilines is 1. The predicted octanol–water partition coefficient (Wildman–Crippen LogP) is 2.01. The molecule has 4 N–H and O–H groups in total. The highest BCUT2D eigenvalue weighted by atomic mass is 19.4. The zero-order valence-corrected chi connectivity index (χ0v) is 17.7. The molecule has 0 saturated heterocycles. The number of nitrogens with zero attached hydrogens (tertiary/aromatic N) is 1. The van der Waals surface area contributed by atoms with Crippen LogP contribution in [-0.4, -0.2) is 49.3 Å². The van der Waals surface area contributed by atoms with Crippen LogP contribution >= 0.6 is 0 Å². The number of fused-ring (bicyclic) bond motifs is 1. The first kappa shape index (κ1) is 24.2. The number of ether oxygens (including phenoxy) is 2. The minimum atomic E-state index is -4.94. The van der Waals surface area contributed by atoms with E-state index in [0.717, 1.165) is 11.6 Å². The van der Waals surface area contributed by atoms with Gasteiger partial charge >= 0.3 is 12.4 Å². The maximum Gasteiger partial charge on any atom is 0.573 e. The van der Waals surface area contributed by atoms with Crippen LogP contribution in [0, 0.1) is 11.8 Å². The van der Waals surface area contributed by atoms with Gasteiger partial charge in [-0.05, 0) is 35.9 Å². The molecule has 1 atom stereocenters. The van der Waals surface area contributed by atoms with Gasteiger partial charge in [-0.25, -0.2) is 4.79 Å². The first-order valence-corrected chi connectivity index (χ1v) is 9.73. The van der Waals surface area contributed by atoms with Crippen LogP contribution in [0.1, 0.15) is 21.5 Å². The van der Waals surface area contributed by atoms with Gasteiger partial charge in [0, 0.05) is 17.7 Å². The average Bonchev–Trinajstić information content (AvgIpc) is 3.07. The van der Waals surface area contributed by atoms with Crippen molar-refractivity contribution in [1.29, 1.82) is 0 Å². The number of rotatable bonds is 6. The summed E-state index contributed by atoms with van der Waals surface area (Å²) in [5, 5.41) is 4.34. The number of imide groups is 1. The molecule has 178 valence electrons. The molecule has 0 bridgehead atoms. The van der Waals surface area contributed by atoms with Gasteiger partial charge in [-0.15, -0.1) is 13.2 Å². The van der Waals surface area contributed by atoms with Crippen LogP contribution in [-0.2, 0) is 11.3 Å². The van der Waals surface area contributed by atoms with E-state index < -0.39 is 24.2 Å². The largest absolute Gasteiger partial charge is 0.573 e. The predicted molar refractivity (Wildman–Crippen MR) is 114 cm³/mol. The molecule has 0 fully saturated rings. The molecule has 2 aromatic rings. The number of hydrogen-bond acceptors (Lipinski definition) is 6. The monoisotopic (exact) mass is 476 g/mol. The van der Waals surface area contributed by atoms with E-state index in [1.807, 2.05) is 5.32 Å². The number of carbonyl (C=O) groups excluding carboxylic acids is 3. The zero-order chi connectivity index (χ0) is 24.9. The molecule has 1 aliphatic rings. The van der Waals surface area contributed by atoms with Crippen LogP contribution in [0.4, 0.5) is 23.7 Å². The first-order chi connectivity index (χ1) is 16.1. The molecular formula is C22H19F3N4O5. The zero-order valence-electron chi connectivity index (χ0n) is 17.7. The molecule has 12 heteroatoms. The smallest absolute Gasteiger partial charge is 0.497 e. The molecule has 0 aliphatic carbocycles. The van der Waals surface area contributed by atoms with Crippen molar-refractivity contribution in [3.05, 3.63) is 53.1 Å². The summed E-state index contributed by atoms with van der Waals surface area (Å²) in [6.45, 7) is 0.189. The lowest BCUT2D eigenvalue weighted by molar-refractivity contribution is -0.274. The van der Waals surface area contributed by atoms with Gasteiger partial charge in [0.15, 0.2) is 5.75 Å². The third-order valence-electron chi connectivity index (χ3n) is 4.72. The van der Waals surface area contributed by atoms with Crippen LogP contribution in [0.25, 0.3) is 0 Å². The molecule has 1 heterocycles. The van der Waals surface area contributed by atoms with Crippen LogP contribution in [0.3, 0.4) is 0 Å². The van der Waals surface area contributed by atoms with Crippen molar-refractivity contribution in [2.75, 3.05) is 19.4 Å². The highest BCUT2D eigenvalue weighted by Crippen LogP contribution is 2.29. The maximum absolute atomic E-state index is 12.8. The Hall–Kier alpha value is -4.40. The van der Waals surface area contributed by atoms with E-state index in [-0.39, 0.29) is 36.7 Å². The van der Waals surface area contributed by atoms with E-state index in [2.05, 4.69) is 21.9 Å². The fraction of sp³-hybridized carbons (Fsp3) is 0.227. The van der Waals surface area contributed by atoms with E-state index in [0.29, 0.717) is 11.3 Å². The van der Waals surface area contributed by atoms with E-state index in [1.165, 1.54) is 24.1 Å². The normalized spacial score (nSPS) is 13.3. The number of alkyl halides is 3. The minimum absolute atomic E-state index is 0.0595. The van der Waals surface area contributed by atoms with Crippen molar-refractivity contribution in [2.24, 2.45) is 0 Å². The van der Waals surface area contributed by atoms with Gasteiger partial charge in [0.1, 0.15) is 11.8 Å². The van der Waals surface area contributed by atoms with Crippen LogP contribution in [0.5, 0.6) is 11.5 Å². The molecule has 4 amide bonds. The lowest BCUT2D eigenvalue weighted by atomic mass is 10.1. The van der Waals surface area contributed by atoms with E-state index in [1.54, 1.807) is 18.2 Å². The van der Waals surface area contributed by atoms with Crippen molar-refractivity contribution in [3.63, 3.8) is 0 Å². The standard InChI is InChI=1S/C22H19F3N4O5/c1-33-16-6-4-14-10-29(20(31)17(14)9-16)11-15(28-21(32)27-12-30)5-2-13-3-7-18(26)19(8-13)34-22(23,24)25/h3-4,6-9,12,15H,10-11,26H2,1H3,(H2,27,28,30,32)/t15-/m1/s1. The third kappa shape index (κ3) is 6.10. The van der Waals surface area contributed by atoms with Crippen molar-refractivity contribution in [1.82, 2.24) is 15.5 Å². The molecule has 0 spiro atoms. The summed E-state index contributed by atoms with van der Waals surface area (Å²) in [6, 6.07) is 6.80. The minimum Gasteiger partial charge on any atom is -0.497 e. The molecule has 9 nitrogen and oxygen atoms in total. The van der Waals surface area contributed by atoms with E-state index >= 15 is 0 Å². The lowest BCUT2D eigenvalue weighted by Gasteiger charge is -2.21. The van der Waals surface area contributed by atoms with Crippen molar-refractivity contribution >= 4 is 24.0 Å². The van der Waals surface area contributed by atoms with Gasteiger partial charge in [-0.1, -0.05) is 17.9 Å². The van der Waals surface area contributed by atoms with Crippen molar-refractivity contribution in [3.8, 4) is 23.3 Å². The number of halogens is 3. The Morgan fingerprint density at radius 3 is 2.74 bits per heavy atom. The van der Waals surface area contributed by atoms with Gasteiger partial charge in [0.05, 0.1) is 19.3 Å². The molecule has 0 radical (unpaired) electrons. The third-order valence-corrected chi connectivity index (χ3v) is 4.72. The highest BCUT2D eigenvalue weighted by Gasteiger charge is 2.32. The Bertz CT molecular complexity index is 1170. The number of benzene rings is 2. The molecule has 1 aliphatic heterocycles. The second-order valence-electron chi connectivity index (χ2n) is 7.07. The molecule has 3 rings (SSSR count). The number of carbonyl (C=O) groups is 3. The summed E-state index contributed by atoms with van der Waals surface area (Å²) in [5.74, 6) is 4.90. The average molecular weight is 476 g/mol. The first-order valence-electron chi connectivity index (χ1n) is 9.73. The van der Waals surface area contributed by atoms with Crippen molar-refractivity contribution < 1.29 is 37.0 Å².